The maximum Gasteiger partial charge on any atom is 0.472 e. The second kappa shape index (κ2) is 7.46. The number of ether oxygens (including phenoxy) is 2. The van der Waals surface area contributed by atoms with Crippen LogP contribution < -0.4 is 11.5 Å². The van der Waals surface area contributed by atoms with Gasteiger partial charge in [0.2, 0.25) is 5.95 Å². The average Bonchev–Trinajstić information content (AvgIpc) is 3.10. The fourth-order valence-electron chi connectivity index (χ4n) is 4.39. The molecule has 2 aromatic heterocycles. The Morgan fingerprint density at radius 2 is 2.17 bits per heavy atom. The van der Waals surface area contributed by atoms with Gasteiger partial charge in [-0.05, 0) is 12.3 Å². The maximum atomic E-state index is 12.4. The number of rotatable bonds is 5. The topological polar surface area (TPSA) is 170 Å². The minimum atomic E-state index is -4.28. The number of phosphoric acid groups is 1. The number of hydrogen-bond donors (Lipinski definition) is 3. The fraction of sp³-hybridized carbons (Fsp3) is 0.688. The van der Waals surface area contributed by atoms with E-state index in [1.807, 2.05) is 6.92 Å². The highest BCUT2D eigenvalue weighted by Crippen LogP contribution is 2.56. The number of fused-ring (bicyclic) bond motifs is 2. The number of nitrogens with zero attached hydrogens (tertiary/aromatic N) is 4. The molecule has 0 aromatic carbocycles. The van der Waals surface area contributed by atoms with Crippen molar-refractivity contribution in [2.24, 2.45) is 5.92 Å². The monoisotopic (exact) mass is 428 g/mol. The first-order valence-electron chi connectivity index (χ1n) is 9.39. The van der Waals surface area contributed by atoms with Gasteiger partial charge in [-0.1, -0.05) is 13.3 Å². The summed E-state index contributed by atoms with van der Waals surface area (Å²) in [4.78, 5) is 22.6. The van der Waals surface area contributed by atoms with Crippen molar-refractivity contribution in [3.05, 3.63) is 6.33 Å². The van der Waals surface area contributed by atoms with Crippen molar-refractivity contribution in [1.82, 2.24) is 19.5 Å². The van der Waals surface area contributed by atoms with E-state index in [1.54, 1.807) is 4.57 Å². The van der Waals surface area contributed by atoms with Crippen LogP contribution in [-0.2, 0) is 23.1 Å². The third kappa shape index (κ3) is 3.39. The Bertz CT molecular complexity index is 955. The number of anilines is 2. The zero-order chi connectivity index (χ0) is 20.8. The third-order valence-corrected chi connectivity index (χ3v) is 6.76. The summed E-state index contributed by atoms with van der Waals surface area (Å²) in [6, 6.07) is 0. The van der Waals surface area contributed by atoms with Gasteiger partial charge in [-0.15, -0.1) is 0 Å². The molecule has 0 bridgehead atoms. The van der Waals surface area contributed by atoms with E-state index in [0.717, 1.165) is 13.5 Å². The Labute approximate surface area is 167 Å². The van der Waals surface area contributed by atoms with Gasteiger partial charge < -0.3 is 25.8 Å². The van der Waals surface area contributed by atoms with Gasteiger partial charge in [-0.2, -0.15) is 9.97 Å². The zero-order valence-corrected chi connectivity index (χ0v) is 17.1. The lowest BCUT2D eigenvalue weighted by atomic mass is 9.73. The second-order valence-electron chi connectivity index (χ2n) is 7.19. The highest BCUT2D eigenvalue weighted by atomic mass is 31.2. The van der Waals surface area contributed by atoms with Crippen LogP contribution >= 0.6 is 7.82 Å². The molecule has 29 heavy (non-hydrogen) atoms. The molecule has 0 aliphatic carbocycles. The highest BCUT2D eigenvalue weighted by Gasteiger charge is 2.58. The standard InChI is InChI=1S/C16H25N6O6P/c1-3-9-4-6-26-11-14(27-7-5-16(9,11)28-29(23,24)25-2)22-8-19-10-12(17)20-15(18)21-13(10)22/h8-9,11,14H,3-7H2,1-2H3,(H,23,24)(H4,17,18,20,21)/t9-,11?,14-,16?/m1/s1. The van der Waals surface area contributed by atoms with Crippen LogP contribution in [0, 0.1) is 5.92 Å². The molecule has 5 atom stereocenters. The van der Waals surface area contributed by atoms with E-state index < -0.39 is 25.8 Å². The Morgan fingerprint density at radius 1 is 1.38 bits per heavy atom. The summed E-state index contributed by atoms with van der Waals surface area (Å²) in [6.45, 7) is 2.75. The van der Waals surface area contributed by atoms with Crippen molar-refractivity contribution in [3.63, 3.8) is 0 Å². The molecule has 3 unspecified atom stereocenters. The normalized spacial score (nSPS) is 32.0. The van der Waals surface area contributed by atoms with E-state index in [0.29, 0.717) is 30.6 Å². The lowest BCUT2D eigenvalue weighted by molar-refractivity contribution is -0.265. The second-order valence-corrected chi connectivity index (χ2v) is 8.67. The van der Waals surface area contributed by atoms with Gasteiger partial charge in [0.05, 0.1) is 12.9 Å². The average molecular weight is 428 g/mol. The van der Waals surface area contributed by atoms with E-state index in [-0.39, 0.29) is 24.3 Å². The van der Waals surface area contributed by atoms with E-state index >= 15 is 0 Å². The van der Waals surface area contributed by atoms with Gasteiger partial charge in [0.25, 0.3) is 0 Å². The molecule has 12 nitrogen and oxygen atoms in total. The quantitative estimate of drug-likeness (QED) is 0.585. The number of imidazole rings is 1. The lowest BCUT2D eigenvalue weighted by Crippen LogP contribution is -2.61. The highest BCUT2D eigenvalue weighted by molar-refractivity contribution is 7.47. The molecule has 4 rings (SSSR count). The summed E-state index contributed by atoms with van der Waals surface area (Å²) in [5.41, 5.74) is 11.4. The van der Waals surface area contributed by atoms with Crippen LogP contribution in [-0.4, -0.2) is 56.4 Å². The van der Waals surface area contributed by atoms with Crippen molar-refractivity contribution in [2.45, 2.75) is 44.1 Å². The van der Waals surface area contributed by atoms with Gasteiger partial charge >= 0.3 is 7.82 Å². The van der Waals surface area contributed by atoms with E-state index in [2.05, 4.69) is 15.0 Å². The smallest absolute Gasteiger partial charge is 0.382 e. The van der Waals surface area contributed by atoms with Crippen LogP contribution in [0.2, 0.25) is 0 Å². The minimum Gasteiger partial charge on any atom is -0.382 e. The fourth-order valence-corrected chi connectivity index (χ4v) is 5.24. The van der Waals surface area contributed by atoms with Gasteiger partial charge in [0.1, 0.15) is 17.2 Å². The first-order valence-corrected chi connectivity index (χ1v) is 10.9. The Hall–Kier alpha value is -1.82. The predicted molar refractivity (Wildman–Crippen MR) is 103 cm³/mol. The zero-order valence-electron chi connectivity index (χ0n) is 16.2. The molecule has 2 aliphatic heterocycles. The third-order valence-electron chi connectivity index (χ3n) is 5.73. The molecular weight excluding hydrogens is 403 g/mol. The minimum absolute atomic E-state index is 0.00492. The van der Waals surface area contributed by atoms with E-state index in [1.165, 1.54) is 6.33 Å². The summed E-state index contributed by atoms with van der Waals surface area (Å²) in [5, 5.41) is 0. The molecule has 2 fully saturated rings. The summed E-state index contributed by atoms with van der Waals surface area (Å²) in [5.74, 6) is 0.132. The SMILES string of the molecule is CC[C@@H]1CCOC2[C@H](n3cnc4c(N)nc(N)nc43)OCCC21OP(=O)(O)OC. The molecule has 0 saturated carbocycles. The molecule has 4 heterocycles. The molecule has 13 heteroatoms. The van der Waals surface area contributed by atoms with Crippen LogP contribution in [0.1, 0.15) is 32.4 Å². The molecule has 160 valence electrons. The summed E-state index contributed by atoms with van der Waals surface area (Å²) in [6.07, 6.45) is 1.92. The van der Waals surface area contributed by atoms with Crippen molar-refractivity contribution in [1.29, 1.82) is 0 Å². The van der Waals surface area contributed by atoms with Crippen LogP contribution in [0.3, 0.4) is 0 Å². The molecular formula is C16H25N6O6P. The van der Waals surface area contributed by atoms with Gasteiger partial charge in [-0.3, -0.25) is 13.6 Å². The Balaban J connectivity index is 1.81. The van der Waals surface area contributed by atoms with Crippen LogP contribution in [0.25, 0.3) is 11.2 Å². The number of aromatic nitrogens is 4. The van der Waals surface area contributed by atoms with Crippen molar-refractivity contribution >= 4 is 30.8 Å². The van der Waals surface area contributed by atoms with E-state index in [9.17, 15) is 9.46 Å². The Kier molecular flexibility index (Phi) is 5.26. The van der Waals surface area contributed by atoms with Gasteiger partial charge in [-0.25, -0.2) is 9.55 Å². The first kappa shape index (κ1) is 20.5. The molecule has 2 aromatic rings. The summed E-state index contributed by atoms with van der Waals surface area (Å²) >= 11 is 0. The largest absolute Gasteiger partial charge is 0.472 e. The van der Waals surface area contributed by atoms with Crippen LogP contribution in [0.5, 0.6) is 0 Å². The summed E-state index contributed by atoms with van der Waals surface area (Å²) in [7, 11) is -3.15. The van der Waals surface area contributed by atoms with Gasteiger partial charge in [0.15, 0.2) is 17.7 Å². The van der Waals surface area contributed by atoms with Crippen molar-refractivity contribution < 1.29 is 28.0 Å². The number of hydrogen-bond acceptors (Lipinski definition) is 10. The maximum absolute atomic E-state index is 12.4. The predicted octanol–water partition coefficient (Wildman–Crippen LogP) is 1.23. The number of nitrogens with two attached hydrogens (primary N) is 2. The molecule has 2 saturated heterocycles. The number of nitrogen functional groups attached to an aromatic ring is 2. The molecule has 0 spiro atoms. The Morgan fingerprint density at radius 3 is 2.90 bits per heavy atom. The lowest BCUT2D eigenvalue weighted by Gasteiger charge is -2.53. The first-order chi connectivity index (χ1) is 13.8. The van der Waals surface area contributed by atoms with Crippen molar-refractivity contribution in [2.75, 3.05) is 31.8 Å². The number of phosphoric ester groups is 1. The molecule has 0 amide bonds. The van der Waals surface area contributed by atoms with Crippen LogP contribution in [0.15, 0.2) is 6.33 Å². The summed E-state index contributed by atoms with van der Waals surface area (Å²) < 4.78 is 36.6. The van der Waals surface area contributed by atoms with Crippen molar-refractivity contribution in [3.8, 4) is 0 Å². The molecule has 0 radical (unpaired) electrons. The van der Waals surface area contributed by atoms with E-state index in [4.69, 9.17) is 30.0 Å². The molecule has 5 N–H and O–H groups in total. The van der Waals surface area contributed by atoms with Gasteiger partial charge in [0, 0.05) is 20.1 Å². The molecule has 2 aliphatic rings. The van der Waals surface area contributed by atoms with Crippen LogP contribution in [0.4, 0.5) is 11.8 Å².